The molecule has 2 heterocycles. The average molecular weight is 475 g/mol. The molecule has 2 aromatic carbocycles. The summed E-state index contributed by atoms with van der Waals surface area (Å²) in [6, 6.07) is 6.82. The first-order valence-corrected chi connectivity index (χ1v) is 11.4. The maximum Gasteiger partial charge on any atom is 0.407 e. The number of alkyl halides is 3. The first kappa shape index (κ1) is 24.3. The van der Waals surface area contributed by atoms with Crippen LogP contribution < -0.4 is 5.32 Å². The van der Waals surface area contributed by atoms with Crippen LogP contribution in [0.4, 0.5) is 13.2 Å². The molecule has 8 heteroatoms. The maximum absolute atomic E-state index is 14.0. The van der Waals surface area contributed by atoms with E-state index in [1.54, 1.807) is 19.9 Å². The fourth-order valence-corrected chi connectivity index (χ4v) is 4.50. The largest absolute Gasteiger partial charge is 0.480 e. The second kappa shape index (κ2) is 9.43. The molecule has 0 spiro atoms. The first-order valence-electron chi connectivity index (χ1n) is 11.4. The summed E-state index contributed by atoms with van der Waals surface area (Å²) in [6.45, 7) is 5.40. The Balaban J connectivity index is 1.71. The van der Waals surface area contributed by atoms with Gasteiger partial charge in [-0.15, -0.1) is 0 Å². The molecule has 0 fully saturated rings. The summed E-state index contributed by atoms with van der Waals surface area (Å²) in [6.07, 6.45) is -1.45. The molecule has 1 aromatic heterocycles. The van der Waals surface area contributed by atoms with E-state index < -0.39 is 24.2 Å². The van der Waals surface area contributed by atoms with Gasteiger partial charge in [0.15, 0.2) is 0 Å². The molecule has 4 rings (SSSR count). The number of carboxylic acids is 1. The third kappa shape index (κ3) is 5.13. The lowest BCUT2D eigenvalue weighted by Crippen LogP contribution is -2.45. The van der Waals surface area contributed by atoms with E-state index in [2.05, 4.69) is 23.3 Å². The normalized spacial score (nSPS) is 17.3. The highest BCUT2D eigenvalue weighted by molar-refractivity contribution is 6.06. The van der Waals surface area contributed by atoms with Gasteiger partial charge in [0.25, 0.3) is 0 Å². The number of hydrogen-bond donors (Lipinski definition) is 2. The molecular weight excluding hydrogens is 445 g/mol. The molecule has 5 nitrogen and oxygen atoms in total. The molecule has 0 radical (unpaired) electrons. The van der Waals surface area contributed by atoms with Crippen LogP contribution in [0.5, 0.6) is 0 Å². The number of fused-ring (bicyclic) bond motifs is 3. The Morgan fingerprint density at radius 2 is 1.91 bits per heavy atom. The lowest BCUT2D eigenvalue weighted by atomic mass is 9.97. The first-order chi connectivity index (χ1) is 16.0. The summed E-state index contributed by atoms with van der Waals surface area (Å²) in [5, 5.41) is 13.3. The molecule has 1 aliphatic heterocycles. The zero-order valence-corrected chi connectivity index (χ0v) is 19.4. The van der Waals surface area contributed by atoms with Gasteiger partial charge in [-0.25, -0.2) is 0 Å². The van der Waals surface area contributed by atoms with E-state index in [9.17, 15) is 23.1 Å². The van der Waals surface area contributed by atoms with Crippen molar-refractivity contribution in [1.82, 2.24) is 10.2 Å². The molecule has 2 atom stereocenters. The van der Waals surface area contributed by atoms with Gasteiger partial charge in [0, 0.05) is 23.9 Å². The lowest BCUT2D eigenvalue weighted by Gasteiger charge is -2.26. The number of halogens is 3. The number of nitrogens with one attached hydrogen (secondary N) is 1. The smallest absolute Gasteiger partial charge is 0.407 e. The van der Waals surface area contributed by atoms with Crippen molar-refractivity contribution in [2.45, 2.75) is 44.9 Å². The van der Waals surface area contributed by atoms with Crippen LogP contribution in [0.15, 0.2) is 46.9 Å². The highest BCUT2D eigenvalue weighted by Gasteiger charge is 2.43. The SMILES string of the molecule is CC(C)C[C@H](N[C@@H](c1ccc2c(c1)oc1ccc(C3=CCN(C)CC3)cc12)C(F)(F)F)C(=O)O. The van der Waals surface area contributed by atoms with E-state index in [0.717, 1.165) is 35.8 Å². The number of hydrogen-bond acceptors (Lipinski definition) is 4. The summed E-state index contributed by atoms with van der Waals surface area (Å²) >= 11 is 0. The van der Waals surface area contributed by atoms with Gasteiger partial charge in [-0.3, -0.25) is 10.1 Å². The van der Waals surface area contributed by atoms with E-state index in [4.69, 9.17) is 4.42 Å². The fourth-order valence-electron chi connectivity index (χ4n) is 4.50. The molecule has 0 saturated carbocycles. The zero-order chi connectivity index (χ0) is 24.6. The van der Waals surface area contributed by atoms with Crippen molar-refractivity contribution >= 4 is 33.5 Å². The molecule has 0 aliphatic carbocycles. The maximum atomic E-state index is 14.0. The topological polar surface area (TPSA) is 65.7 Å². The lowest BCUT2D eigenvalue weighted by molar-refractivity contribution is -0.163. The summed E-state index contributed by atoms with van der Waals surface area (Å²) in [5.74, 6) is -1.38. The summed E-state index contributed by atoms with van der Waals surface area (Å²) in [5.41, 5.74) is 3.20. The summed E-state index contributed by atoms with van der Waals surface area (Å²) in [7, 11) is 2.07. The predicted octanol–water partition coefficient (Wildman–Crippen LogP) is 6.00. The number of aliphatic carboxylic acids is 1. The average Bonchev–Trinajstić information content (AvgIpc) is 3.12. The Morgan fingerprint density at radius 1 is 1.15 bits per heavy atom. The van der Waals surface area contributed by atoms with Gasteiger partial charge in [0.05, 0.1) is 0 Å². The number of nitrogens with zero attached hydrogens (tertiary/aromatic N) is 1. The molecule has 1 aliphatic rings. The summed E-state index contributed by atoms with van der Waals surface area (Å²) in [4.78, 5) is 13.8. The standard InChI is InChI=1S/C26H29F3N2O3/c1-15(2)12-21(25(32)33)30-24(26(27,28)29)18-4-6-19-20-13-17(16-8-10-31(3)11-9-16)5-7-22(20)34-23(19)14-18/h4-8,13-15,21,24,30H,9-12H2,1-3H3,(H,32,33)/t21-,24-/m0/s1. The molecular formula is C26H29F3N2O3. The van der Waals surface area contributed by atoms with Crippen LogP contribution in [-0.4, -0.2) is 48.3 Å². The van der Waals surface area contributed by atoms with Gasteiger partial charge in [-0.05, 0) is 60.7 Å². The molecule has 0 amide bonds. The Bertz CT molecular complexity index is 1230. The van der Waals surface area contributed by atoms with Gasteiger partial charge in [-0.2, -0.15) is 13.2 Å². The van der Waals surface area contributed by atoms with Gasteiger partial charge in [0.2, 0.25) is 0 Å². The van der Waals surface area contributed by atoms with Crippen molar-refractivity contribution in [2.24, 2.45) is 5.92 Å². The van der Waals surface area contributed by atoms with Gasteiger partial charge < -0.3 is 14.4 Å². The minimum atomic E-state index is -4.67. The predicted molar refractivity (Wildman–Crippen MR) is 127 cm³/mol. The zero-order valence-electron chi connectivity index (χ0n) is 19.4. The van der Waals surface area contributed by atoms with Crippen LogP contribution in [0, 0.1) is 5.92 Å². The molecule has 0 unspecified atom stereocenters. The van der Waals surface area contributed by atoms with E-state index in [0.29, 0.717) is 11.2 Å². The monoisotopic (exact) mass is 474 g/mol. The Labute approximate surface area is 196 Å². The molecule has 3 aromatic rings. The second-order valence-corrected chi connectivity index (χ2v) is 9.47. The van der Waals surface area contributed by atoms with Crippen molar-refractivity contribution in [3.8, 4) is 0 Å². The van der Waals surface area contributed by atoms with Crippen molar-refractivity contribution < 1.29 is 27.5 Å². The third-order valence-corrected chi connectivity index (χ3v) is 6.31. The molecule has 2 N–H and O–H groups in total. The van der Waals surface area contributed by atoms with Crippen LogP contribution in [0.1, 0.15) is 43.9 Å². The molecule has 34 heavy (non-hydrogen) atoms. The van der Waals surface area contributed by atoms with Crippen LogP contribution in [0.2, 0.25) is 0 Å². The number of benzene rings is 2. The van der Waals surface area contributed by atoms with E-state index in [1.807, 2.05) is 18.2 Å². The van der Waals surface area contributed by atoms with Crippen molar-refractivity contribution in [1.29, 1.82) is 0 Å². The van der Waals surface area contributed by atoms with Crippen LogP contribution in [0.3, 0.4) is 0 Å². The van der Waals surface area contributed by atoms with Crippen LogP contribution in [-0.2, 0) is 4.79 Å². The van der Waals surface area contributed by atoms with Gasteiger partial charge in [0.1, 0.15) is 23.2 Å². The minimum absolute atomic E-state index is 0.0748. The third-order valence-electron chi connectivity index (χ3n) is 6.31. The van der Waals surface area contributed by atoms with Gasteiger partial charge in [-0.1, -0.05) is 38.1 Å². The van der Waals surface area contributed by atoms with E-state index in [1.165, 1.54) is 17.7 Å². The summed E-state index contributed by atoms with van der Waals surface area (Å²) < 4.78 is 47.8. The van der Waals surface area contributed by atoms with E-state index >= 15 is 0 Å². The highest BCUT2D eigenvalue weighted by atomic mass is 19.4. The Kier molecular flexibility index (Phi) is 6.73. The number of carbonyl (C=O) groups is 1. The van der Waals surface area contributed by atoms with Crippen LogP contribution in [0.25, 0.3) is 27.5 Å². The fraction of sp³-hybridized carbons (Fsp3) is 0.423. The molecule has 0 saturated heterocycles. The van der Waals surface area contributed by atoms with Crippen molar-refractivity contribution in [2.75, 3.05) is 20.1 Å². The Morgan fingerprint density at radius 3 is 2.53 bits per heavy atom. The van der Waals surface area contributed by atoms with Crippen LogP contribution >= 0.6 is 0 Å². The molecule has 0 bridgehead atoms. The van der Waals surface area contributed by atoms with E-state index in [-0.39, 0.29) is 17.9 Å². The van der Waals surface area contributed by atoms with Crippen molar-refractivity contribution in [3.05, 3.63) is 53.6 Å². The minimum Gasteiger partial charge on any atom is -0.480 e. The number of furan rings is 1. The molecule has 182 valence electrons. The highest BCUT2D eigenvalue weighted by Crippen LogP contribution is 2.38. The second-order valence-electron chi connectivity index (χ2n) is 9.47. The number of rotatable bonds is 7. The number of likely N-dealkylation sites (N-methyl/N-ethyl adjacent to an activating group) is 1. The Hall–Kier alpha value is -2.84. The van der Waals surface area contributed by atoms with Gasteiger partial charge >= 0.3 is 12.1 Å². The quantitative estimate of drug-likeness (QED) is 0.440. The van der Waals surface area contributed by atoms with Crippen molar-refractivity contribution in [3.63, 3.8) is 0 Å². The number of carboxylic acid groups (broad SMARTS) is 1.